The Kier molecular flexibility index (Phi) is 4.74. The van der Waals surface area contributed by atoms with Gasteiger partial charge in [-0.15, -0.1) is 0 Å². The van der Waals surface area contributed by atoms with Crippen LogP contribution in [-0.2, 0) is 4.74 Å². The molecular weight excluding hydrogens is 327 g/mol. The number of carbonyl (C=O) groups is 1. The molecule has 0 N–H and O–H groups in total. The van der Waals surface area contributed by atoms with E-state index in [4.69, 9.17) is 4.74 Å². The monoisotopic (exact) mass is 346 g/mol. The number of rotatable bonds is 4. The van der Waals surface area contributed by atoms with Crippen LogP contribution in [0.4, 0.5) is 0 Å². The van der Waals surface area contributed by atoms with E-state index in [1.165, 1.54) is 10.9 Å². The number of benzene rings is 2. The second-order valence-corrected chi connectivity index (χ2v) is 7.96. The molecule has 2 atom stereocenters. The number of carbonyl (C=O) groups excluding carboxylic acids is 1. The van der Waals surface area contributed by atoms with Crippen molar-refractivity contribution >= 4 is 25.4 Å². The van der Waals surface area contributed by atoms with Gasteiger partial charge in [-0.25, -0.2) is 0 Å². The zero-order valence-electron chi connectivity index (χ0n) is 11.8. The number of hydrogen-bond donors (Lipinski definition) is 0. The Bertz CT molecular complexity index is 583. The third-order valence-electron chi connectivity index (χ3n) is 3.69. The Morgan fingerprint density at radius 1 is 0.952 bits per heavy atom. The Morgan fingerprint density at radius 3 is 2.33 bits per heavy atom. The minimum absolute atomic E-state index is 0.0814. The van der Waals surface area contributed by atoms with E-state index in [-0.39, 0.29) is 12.1 Å². The summed E-state index contributed by atoms with van der Waals surface area (Å²) in [6, 6.07) is 19.8. The van der Waals surface area contributed by atoms with Gasteiger partial charge in [0.05, 0.1) is 0 Å². The minimum atomic E-state index is -0.184. The fourth-order valence-corrected chi connectivity index (χ4v) is 5.33. The van der Waals surface area contributed by atoms with Gasteiger partial charge in [-0.2, -0.15) is 0 Å². The summed E-state index contributed by atoms with van der Waals surface area (Å²) in [6.07, 6.45) is 3.41. The van der Waals surface area contributed by atoms with Crippen LogP contribution in [0.2, 0.25) is 4.82 Å². The van der Waals surface area contributed by atoms with Gasteiger partial charge in [-0.3, -0.25) is 0 Å². The molecule has 2 aromatic carbocycles. The zero-order valence-corrected chi connectivity index (χ0v) is 13.5. The average molecular weight is 345 g/mol. The fourth-order valence-electron chi connectivity index (χ4n) is 2.62. The molecule has 2 aromatic rings. The van der Waals surface area contributed by atoms with Crippen LogP contribution >= 0.6 is 0 Å². The van der Waals surface area contributed by atoms with Crippen LogP contribution in [0.1, 0.15) is 29.6 Å². The molecular formula is C18H18O2Se. The van der Waals surface area contributed by atoms with Gasteiger partial charge in [-0.1, -0.05) is 0 Å². The molecule has 1 aliphatic rings. The van der Waals surface area contributed by atoms with Crippen molar-refractivity contribution in [3.8, 4) is 0 Å². The molecule has 3 rings (SSSR count). The zero-order chi connectivity index (χ0) is 14.5. The van der Waals surface area contributed by atoms with Crippen LogP contribution in [0.5, 0.6) is 0 Å². The van der Waals surface area contributed by atoms with E-state index in [1.54, 1.807) is 0 Å². The molecule has 2 nitrogen and oxygen atoms in total. The topological polar surface area (TPSA) is 26.3 Å². The molecule has 0 saturated heterocycles. The van der Waals surface area contributed by atoms with Gasteiger partial charge in [0.2, 0.25) is 0 Å². The van der Waals surface area contributed by atoms with Crippen LogP contribution in [0.15, 0.2) is 60.7 Å². The van der Waals surface area contributed by atoms with Crippen molar-refractivity contribution in [2.24, 2.45) is 0 Å². The van der Waals surface area contributed by atoms with E-state index in [0.29, 0.717) is 25.3 Å². The average Bonchev–Trinajstić information content (AvgIpc) is 2.96. The third-order valence-corrected chi connectivity index (χ3v) is 6.60. The summed E-state index contributed by atoms with van der Waals surface area (Å²) >= 11 is 0.374. The van der Waals surface area contributed by atoms with Gasteiger partial charge >= 0.3 is 131 Å². The van der Waals surface area contributed by atoms with Gasteiger partial charge in [0, 0.05) is 0 Å². The summed E-state index contributed by atoms with van der Waals surface area (Å²) < 4.78 is 7.15. The molecule has 1 aliphatic carbocycles. The Morgan fingerprint density at radius 2 is 1.62 bits per heavy atom. The number of hydrogen-bond acceptors (Lipinski definition) is 2. The molecule has 1 saturated carbocycles. The summed E-state index contributed by atoms with van der Waals surface area (Å²) in [4.78, 5) is 12.7. The Balaban J connectivity index is 1.63. The van der Waals surface area contributed by atoms with Crippen molar-refractivity contribution in [3.05, 3.63) is 66.2 Å². The van der Waals surface area contributed by atoms with Crippen molar-refractivity contribution in [3.63, 3.8) is 0 Å². The van der Waals surface area contributed by atoms with Crippen LogP contribution in [0.25, 0.3) is 0 Å². The van der Waals surface area contributed by atoms with Crippen molar-refractivity contribution in [1.82, 2.24) is 0 Å². The van der Waals surface area contributed by atoms with Crippen LogP contribution in [0.3, 0.4) is 0 Å². The maximum absolute atomic E-state index is 12.2. The Hall–Kier alpha value is -1.57. The summed E-state index contributed by atoms with van der Waals surface area (Å²) in [7, 11) is 0. The number of esters is 1. The van der Waals surface area contributed by atoms with Crippen molar-refractivity contribution in [2.75, 3.05) is 0 Å². The summed E-state index contributed by atoms with van der Waals surface area (Å²) in [5, 5.41) is 0. The predicted molar refractivity (Wildman–Crippen MR) is 85.1 cm³/mol. The van der Waals surface area contributed by atoms with E-state index in [0.717, 1.165) is 12.8 Å². The first-order chi connectivity index (χ1) is 10.3. The molecule has 108 valence electrons. The van der Waals surface area contributed by atoms with Gasteiger partial charge < -0.3 is 0 Å². The van der Waals surface area contributed by atoms with Gasteiger partial charge in [0.25, 0.3) is 0 Å². The second-order valence-electron chi connectivity index (χ2n) is 5.21. The van der Waals surface area contributed by atoms with Crippen LogP contribution < -0.4 is 4.46 Å². The van der Waals surface area contributed by atoms with E-state index in [9.17, 15) is 4.79 Å². The van der Waals surface area contributed by atoms with Crippen molar-refractivity contribution in [2.45, 2.75) is 30.2 Å². The van der Waals surface area contributed by atoms with Crippen molar-refractivity contribution in [1.29, 1.82) is 0 Å². The van der Waals surface area contributed by atoms with Crippen LogP contribution in [0, 0.1) is 0 Å². The predicted octanol–water partition coefficient (Wildman–Crippen LogP) is 3.21. The molecule has 0 unspecified atom stereocenters. The normalized spacial score (nSPS) is 21.1. The molecule has 1 fully saturated rings. The fraction of sp³-hybridized carbons (Fsp3) is 0.278. The number of ether oxygens (including phenoxy) is 1. The molecule has 0 amide bonds. The molecule has 0 aromatic heterocycles. The molecule has 0 heterocycles. The summed E-state index contributed by atoms with van der Waals surface area (Å²) in [5.74, 6) is -0.184. The van der Waals surface area contributed by atoms with E-state index >= 15 is 0 Å². The molecule has 0 spiro atoms. The SMILES string of the molecule is O=C(O[C@@H]1CCC[C@H]1[Se]c1ccccc1)c1ccccc1. The maximum atomic E-state index is 12.2. The standard InChI is InChI=1S/C18H18O2Se/c19-18(14-8-3-1-4-9-14)20-16-12-7-13-17(16)21-15-10-5-2-6-11-15/h1-6,8-11,16-17H,7,12-13H2/t16-,17-/m1/s1. The third kappa shape index (κ3) is 3.75. The first-order valence-electron chi connectivity index (χ1n) is 7.30. The van der Waals surface area contributed by atoms with Crippen LogP contribution in [-0.4, -0.2) is 27.0 Å². The first kappa shape index (κ1) is 14.4. The van der Waals surface area contributed by atoms with Gasteiger partial charge in [0.15, 0.2) is 0 Å². The first-order valence-corrected chi connectivity index (χ1v) is 9.15. The molecule has 0 radical (unpaired) electrons. The molecule has 3 heteroatoms. The van der Waals surface area contributed by atoms with Gasteiger partial charge in [-0.05, 0) is 0 Å². The van der Waals surface area contributed by atoms with E-state index in [2.05, 4.69) is 24.3 Å². The van der Waals surface area contributed by atoms with Gasteiger partial charge in [0.1, 0.15) is 0 Å². The summed E-state index contributed by atoms with van der Waals surface area (Å²) in [5.41, 5.74) is 0.648. The molecule has 21 heavy (non-hydrogen) atoms. The van der Waals surface area contributed by atoms with Crippen molar-refractivity contribution < 1.29 is 9.53 Å². The summed E-state index contributed by atoms with van der Waals surface area (Å²) in [6.45, 7) is 0. The quantitative estimate of drug-likeness (QED) is 0.628. The van der Waals surface area contributed by atoms with E-state index < -0.39 is 0 Å². The Labute approximate surface area is 131 Å². The molecule has 0 bridgehead atoms. The second kappa shape index (κ2) is 6.93. The molecule has 0 aliphatic heterocycles. The van der Waals surface area contributed by atoms with E-state index in [1.807, 2.05) is 36.4 Å².